The van der Waals surface area contributed by atoms with Gasteiger partial charge in [-0.15, -0.1) is 0 Å². The Labute approximate surface area is 124 Å². The fourth-order valence-corrected chi connectivity index (χ4v) is 2.24. The van der Waals surface area contributed by atoms with Gasteiger partial charge in [0.15, 0.2) is 0 Å². The lowest BCUT2D eigenvalue weighted by molar-refractivity contribution is 0.205. The first-order valence-corrected chi connectivity index (χ1v) is 7.84. The van der Waals surface area contributed by atoms with E-state index in [1.807, 2.05) is 0 Å². The maximum atomic E-state index is 5.88. The molecule has 0 aliphatic rings. The van der Waals surface area contributed by atoms with Gasteiger partial charge in [0.05, 0.1) is 6.54 Å². The first-order chi connectivity index (χ1) is 9.26. The van der Waals surface area contributed by atoms with Gasteiger partial charge >= 0.3 is 0 Å². The van der Waals surface area contributed by atoms with Crippen molar-refractivity contribution in [3.63, 3.8) is 0 Å². The Morgan fingerprint density at radius 1 is 1.30 bits per heavy atom. The van der Waals surface area contributed by atoms with Crippen molar-refractivity contribution in [3.8, 4) is 0 Å². The van der Waals surface area contributed by atoms with Gasteiger partial charge in [-0.1, -0.05) is 13.8 Å². The van der Waals surface area contributed by atoms with Gasteiger partial charge in [-0.3, -0.25) is 4.90 Å². The van der Waals surface area contributed by atoms with E-state index >= 15 is 0 Å². The van der Waals surface area contributed by atoms with Crippen molar-refractivity contribution >= 4 is 0 Å². The summed E-state index contributed by atoms with van der Waals surface area (Å²) in [5.74, 6) is 2.09. The molecule has 1 unspecified atom stereocenters. The second kappa shape index (κ2) is 7.28. The molecular weight excluding hydrogens is 248 g/mol. The second-order valence-electron chi connectivity index (χ2n) is 6.72. The van der Waals surface area contributed by atoms with Crippen LogP contribution in [-0.4, -0.2) is 23.0 Å². The Morgan fingerprint density at radius 2 is 1.95 bits per heavy atom. The predicted molar refractivity (Wildman–Crippen MR) is 85.9 cm³/mol. The number of rotatable bonds is 7. The van der Waals surface area contributed by atoms with Crippen LogP contribution in [0, 0.1) is 6.92 Å². The van der Waals surface area contributed by atoms with Crippen LogP contribution in [0.5, 0.6) is 0 Å². The number of nitrogens with one attached hydrogen (secondary N) is 1. The Balaban J connectivity index is 2.69. The topological polar surface area (TPSA) is 28.4 Å². The van der Waals surface area contributed by atoms with E-state index < -0.39 is 0 Å². The van der Waals surface area contributed by atoms with E-state index in [2.05, 4.69) is 64.7 Å². The van der Waals surface area contributed by atoms with Crippen molar-refractivity contribution in [1.82, 2.24) is 10.2 Å². The van der Waals surface area contributed by atoms with Crippen LogP contribution >= 0.6 is 0 Å². The number of nitrogens with zero attached hydrogens (tertiary/aromatic N) is 1. The molecule has 0 amide bonds. The Bertz CT molecular complexity index is 404. The van der Waals surface area contributed by atoms with E-state index in [0.29, 0.717) is 6.04 Å². The molecule has 0 spiro atoms. The molecule has 1 aromatic rings. The zero-order chi connectivity index (χ0) is 15.3. The summed E-state index contributed by atoms with van der Waals surface area (Å²) < 4.78 is 5.88. The highest BCUT2D eigenvalue weighted by Crippen LogP contribution is 2.19. The van der Waals surface area contributed by atoms with Crippen LogP contribution < -0.4 is 5.32 Å². The predicted octanol–water partition coefficient (Wildman–Crippen LogP) is 4.10. The van der Waals surface area contributed by atoms with Gasteiger partial charge in [0, 0.05) is 23.7 Å². The molecule has 0 saturated carbocycles. The van der Waals surface area contributed by atoms with E-state index in [-0.39, 0.29) is 5.54 Å². The molecule has 116 valence electrons. The third kappa shape index (κ3) is 5.29. The van der Waals surface area contributed by atoms with Crippen molar-refractivity contribution in [3.05, 3.63) is 23.2 Å². The molecule has 1 atom stereocenters. The quantitative estimate of drug-likeness (QED) is 0.815. The van der Waals surface area contributed by atoms with Crippen molar-refractivity contribution < 1.29 is 4.42 Å². The van der Waals surface area contributed by atoms with Crippen LogP contribution in [0.1, 0.15) is 65.0 Å². The molecule has 0 saturated heterocycles. The molecular formula is C17H32N2O. The summed E-state index contributed by atoms with van der Waals surface area (Å²) in [4.78, 5) is 2.50. The summed E-state index contributed by atoms with van der Waals surface area (Å²) >= 11 is 0. The van der Waals surface area contributed by atoms with Crippen molar-refractivity contribution in [2.24, 2.45) is 0 Å². The van der Waals surface area contributed by atoms with Gasteiger partial charge in [-0.25, -0.2) is 0 Å². The molecule has 0 aliphatic carbocycles. The summed E-state index contributed by atoms with van der Waals surface area (Å²) in [7, 11) is 0. The number of furan rings is 1. The molecule has 0 fully saturated rings. The van der Waals surface area contributed by atoms with Crippen molar-refractivity contribution in [2.75, 3.05) is 6.54 Å². The molecule has 20 heavy (non-hydrogen) atoms. The molecule has 0 aromatic carbocycles. The third-order valence-electron chi connectivity index (χ3n) is 3.86. The molecule has 0 radical (unpaired) electrons. The van der Waals surface area contributed by atoms with E-state index in [1.165, 1.54) is 12.0 Å². The van der Waals surface area contributed by atoms with Gasteiger partial charge in [0.25, 0.3) is 0 Å². The first-order valence-electron chi connectivity index (χ1n) is 7.84. The number of hydrogen-bond donors (Lipinski definition) is 1. The number of aryl methyl sites for hydroxylation is 1. The first kappa shape index (κ1) is 17.3. The molecule has 1 heterocycles. The van der Waals surface area contributed by atoms with Crippen LogP contribution in [0.25, 0.3) is 0 Å². The number of hydrogen-bond acceptors (Lipinski definition) is 3. The van der Waals surface area contributed by atoms with Gasteiger partial charge in [-0.05, 0) is 53.7 Å². The average Bonchev–Trinajstić information content (AvgIpc) is 2.72. The summed E-state index contributed by atoms with van der Waals surface area (Å²) in [6, 6.07) is 2.82. The minimum atomic E-state index is 0.118. The summed E-state index contributed by atoms with van der Waals surface area (Å²) in [6.07, 6.45) is 1.18. The van der Waals surface area contributed by atoms with Gasteiger partial charge in [0.1, 0.15) is 11.5 Å². The largest absolute Gasteiger partial charge is 0.465 e. The third-order valence-corrected chi connectivity index (χ3v) is 3.86. The molecule has 3 heteroatoms. The van der Waals surface area contributed by atoms with Crippen molar-refractivity contribution in [1.29, 1.82) is 0 Å². The molecule has 3 nitrogen and oxygen atoms in total. The molecule has 1 aromatic heterocycles. The fourth-order valence-electron chi connectivity index (χ4n) is 2.24. The fraction of sp³-hybridized carbons (Fsp3) is 0.765. The highest BCUT2D eigenvalue weighted by Gasteiger charge is 2.16. The normalized spacial score (nSPS) is 14.0. The SMILES string of the molecule is CCC(C)N(CC)Cc1cc(CNC(C)(C)C)oc1C. The minimum absolute atomic E-state index is 0.118. The van der Waals surface area contributed by atoms with Crippen LogP contribution in [0.15, 0.2) is 10.5 Å². The maximum absolute atomic E-state index is 5.88. The lowest BCUT2D eigenvalue weighted by Crippen LogP contribution is -2.34. The zero-order valence-corrected chi connectivity index (χ0v) is 14.3. The molecule has 1 rings (SSSR count). The summed E-state index contributed by atoms with van der Waals surface area (Å²) in [5, 5.41) is 3.47. The Kier molecular flexibility index (Phi) is 6.28. The smallest absolute Gasteiger partial charge is 0.118 e. The molecule has 0 bridgehead atoms. The van der Waals surface area contributed by atoms with E-state index in [4.69, 9.17) is 4.42 Å². The van der Waals surface area contributed by atoms with E-state index in [9.17, 15) is 0 Å². The van der Waals surface area contributed by atoms with Gasteiger partial charge < -0.3 is 9.73 Å². The highest BCUT2D eigenvalue weighted by molar-refractivity contribution is 5.21. The Hall–Kier alpha value is -0.800. The van der Waals surface area contributed by atoms with Gasteiger partial charge in [-0.2, -0.15) is 0 Å². The summed E-state index contributed by atoms with van der Waals surface area (Å²) in [5.41, 5.74) is 1.44. The molecule has 0 aliphatic heterocycles. The van der Waals surface area contributed by atoms with Gasteiger partial charge in [0.2, 0.25) is 0 Å². The summed E-state index contributed by atoms with van der Waals surface area (Å²) in [6.45, 7) is 18.2. The lowest BCUT2D eigenvalue weighted by atomic mass is 10.1. The monoisotopic (exact) mass is 280 g/mol. The zero-order valence-electron chi connectivity index (χ0n) is 14.3. The second-order valence-corrected chi connectivity index (χ2v) is 6.72. The molecule has 1 N–H and O–H groups in total. The lowest BCUT2D eigenvalue weighted by Gasteiger charge is -2.26. The van der Waals surface area contributed by atoms with E-state index in [0.717, 1.165) is 31.2 Å². The van der Waals surface area contributed by atoms with Crippen LogP contribution in [0.4, 0.5) is 0 Å². The van der Waals surface area contributed by atoms with Crippen LogP contribution in [-0.2, 0) is 13.1 Å². The maximum Gasteiger partial charge on any atom is 0.118 e. The van der Waals surface area contributed by atoms with Crippen LogP contribution in [0.2, 0.25) is 0 Å². The van der Waals surface area contributed by atoms with Crippen molar-refractivity contribution in [2.45, 2.75) is 79.6 Å². The average molecular weight is 280 g/mol. The van der Waals surface area contributed by atoms with Crippen LogP contribution in [0.3, 0.4) is 0 Å². The highest BCUT2D eigenvalue weighted by atomic mass is 16.3. The standard InChI is InChI=1S/C17H32N2O/c1-8-13(3)19(9-2)12-15-10-16(20-14(15)4)11-18-17(5,6)7/h10,13,18H,8-9,11-12H2,1-7H3. The van der Waals surface area contributed by atoms with E-state index in [1.54, 1.807) is 0 Å². The minimum Gasteiger partial charge on any atom is -0.465 e. The Morgan fingerprint density at radius 3 is 2.45 bits per heavy atom.